The lowest BCUT2D eigenvalue weighted by atomic mass is 9.79. The number of benzene rings is 2. The maximum Gasteiger partial charge on any atom is 0.412 e. The van der Waals surface area contributed by atoms with Crippen molar-refractivity contribution in [2.75, 3.05) is 31.5 Å². The summed E-state index contributed by atoms with van der Waals surface area (Å²) in [6, 6.07) is 14.3. The molecule has 0 aromatic heterocycles. The van der Waals surface area contributed by atoms with Crippen molar-refractivity contribution >= 4 is 11.8 Å². The second-order valence-corrected chi connectivity index (χ2v) is 9.82. The number of anilines is 1. The summed E-state index contributed by atoms with van der Waals surface area (Å²) in [7, 11) is 0. The van der Waals surface area contributed by atoms with E-state index in [1.54, 1.807) is 12.1 Å². The molecule has 1 unspecified atom stereocenters. The van der Waals surface area contributed by atoms with Crippen LogP contribution in [-0.2, 0) is 11.2 Å². The molecule has 3 saturated heterocycles. The molecule has 6 rings (SSSR count). The number of nitrogens with zero attached hydrogens (tertiary/aromatic N) is 1. The fourth-order valence-electron chi connectivity index (χ4n) is 5.73. The van der Waals surface area contributed by atoms with Crippen LogP contribution in [0.15, 0.2) is 48.5 Å². The first-order valence-electron chi connectivity index (χ1n) is 11.7. The Bertz CT molecular complexity index is 917. The van der Waals surface area contributed by atoms with Crippen LogP contribution in [0.25, 0.3) is 0 Å². The number of rotatable bonds is 6. The second-order valence-electron chi connectivity index (χ2n) is 9.82. The highest BCUT2D eigenvalue weighted by Crippen LogP contribution is 2.39. The predicted molar refractivity (Wildman–Crippen MR) is 119 cm³/mol. The molecule has 1 saturated carbocycles. The summed E-state index contributed by atoms with van der Waals surface area (Å²) in [6.07, 6.45) is 6.77. The van der Waals surface area contributed by atoms with E-state index in [-0.39, 0.29) is 18.0 Å². The molecule has 3 aliphatic heterocycles. The Balaban J connectivity index is 1.22. The largest absolute Gasteiger partial charge is 0.440 e. The van der Waals surface area contributed by atoms with Crippen molar-refractivity contribution in [3.8, 4) is 0 Å². The minimum atomic E-state index is -0.355. The van der Waals surface area contributed by atoms with Gasteiger partial charge in [-0.1, -0.05) is 36.8 Å². The number of ether oxygens (including phenoxy) is 1. The van der Waals surface area contributed by atoms with E-state index in [0.717, 1.165) is 33.8 Å². The van der Waals surface area contributed by atoms with Gasteiger partial charge in [0.2, 0.25) is 0 Å². The number of halogens is 1. The van der Waals surface area contributed by atoms with Crippen LogP contribution < -0.4 is 5.32 Å². The lowest BCUT2D eigenvalue weighted by molar-refractivity contribution is -0.949. The van der Waals surface area contributed by atoms with Gasteiger partial charge in [-0.05, 0) is 48.6 Å². The number of amides is 1. The van der Waals surface area contributed by atoms with E-state index < -0.39 is 0 Å². The Labute approximate surface area is 184 Å². The molecular formula is C26H32FN2O2+. The summed E-state index contributed by atoms with van der Waals surface area (Å²) in [6.45, 7) is 4.76. The molecular weight excluding hydrogens is 391 g/mol. The van der Waals surface area contributed by atoms with E-state index in [1.807, 2.05) is 24.3 Å². The van der Waals surface area contributed by atoms with E-state index in [0.29, 0.717) is 12.3 Å². The SMILES string of the molecule is O=C(Nc1ccccc1Cc1ccc(F)cc1)OC1C[N+]2(CC3CCC3)CCC1CC2. The third-order valence-electron chi connectivity index (χ3n) is 7.73. The summed E-state index contributed by atoms with van der Waals surface area (Å²) < 4.78 is 20.4. The summed E-state index contributed by atoms with van der Waals surface area (Å²) in [4.78, 5) is 12.8. The molecule has 4 aliphatic rings. The Hall–Kier alpha value is -2.40. The fraction of sp³-hybridized carbons (Fsp3) is 0.500. The normalized spacial score (nSPS) is 27.5. The number of hydrogen-bond donors (Lipinski definition) is 1. The van der Waals surface area contributed by atoms with E-state index >= 15 is 0 Å². The monoisotopic (exact) mass is 423 g/mol. The summed E-state index contributed by atoms with van der Waals surface area (Å²) in [5.41, 5.74) is 2.76. The van der Waals surface area contributed by atoms with Crippen molar-refractivity contribution in [1.82, 2.24) is 0 Å². The average Bonchev–Trinajstić information content (AvgIpc) is 2.75. The molecule has 1 amide bonds. The lowest BCUT2D eigenvalue weighted by Crippen LogP contribution is -2.66. The lowest BCUT2D eigenvalue weighted by Gasteiger charge is -2.53. The zero-order valence-corrected chi connectivity index (χ0v) is 18.1. The Morgan fingerprint density at radius 3 is 2.48 bits per heavy atom. The molecule has 1 atom stereocenters. The average molecular weight is 424 g/mol. The highest BCUT2D eigenvalue weighted by Gasteiger charge is 2.48. The van der Waals surface area contributed by atoms with Gasteiger partial charge in [0.15, 0.2) is 6.10 Å². The molecule has 31 heavy (non-hydrogen) atoms. The Morgan fingerprint density at radius 1 is 1.03 bits per heavy atom. The number of hydrogen-bond acceptors (Lipinski definition) is 2. The van der Waals surface area contributed by atoms with E-state index in [9.17, 15) is 9.18 Å². The number of carbonyl (C=O) groups excluding carboxylic acids is 1. The van der Waals surface area contributed by atoms with Crippen LogP contribution in [-0.4, -0.2) is 42.9 Å². The maximum absolute atomic E-state index is 13.2. The van der Waals surface area contributed by atoms with Gasteiger partial charge in [0.05, 0.1) is 19.6 Å². The van der Waals surface area contributed by atoms with Gasteiger partial charge in [-0.15, -0.1) is 0 Å². The van der Waals surface area contributed by atoms with Gasteiger partial charge in [-0.25, -0.2) is 9.18 Å². The molecule has 3 heterocycles. The molecule has 1 N–H and O–H groups in total. The first-order valence-corrected chi connectivity index (χ1v) is 11.7. The molecule has 164 valence electrons. The quantitative estimate of drug-likeness (QED) is 0.634. The molecule has 2 bridgehead atoms. The predicted octanol–water partition coefficient (Wildman–Crippen LogP) is 5.37. The van der Waals surface area contributed by atoms with Crippen LogP contribution in [0.2, 0.25) is 0 Å². The smallest absolute Gasteiger partial charge is 0.412 e. The third-order valence-corrected chi connectivity index (χ3v) is 7.73. The van der Waals surface area contributed by atoms with Crippen LogP contribution >= 0.6 is 0 Å². The minimum Gasteiger partial charge on any atom is -0.440 e. The van der Waals surface area contributed by atoms with Gasteiger partial charge in [-0.3, -0.25) is 5.32 Å². The molecule has 0 radical (unpaired) electrons. The van der Waals surface area contributed by atoms with Gasteiger partial charge in [0.25, 0.3) is 0 Å². The number of carbonyl (C=O) groups is 1. The van der Waals surface area contributed by atoms with Crippen LogP contribution in [0.4, 0.5) is 14.9 Å². The zero-order valence-electron chi connectivity index (χ0n) is 18.1. The van der Waals surface area contributed by atoms with Crippen molar-refractivity contribution in [3.63, 3.8) is 0 Å². The van der Waals surface area contributed by atoms with Gasteiger partial charge >= 0.3 is 6.09 Å². The first-order chi connectivity index (χ1) is 15.1. The molecule has 5 heteroatoms. The van der Waals surface area contributed by atoms with E-state index in [4.69, 9.17) is 4.74 Å². The van der Waals surface area contributed by atoms with Crippen LogP contribution in [0.5, 0.6) is 0 Å². The maximum atomic E-state index is 13.2. The Kier molecular flexibility index (Phi) is 5.70. The van der Waals surface area contributed by atoms with Crippen LogP contribution in [0.3, 0.4) is 0 Å². The van der Waals surface area contributed by atoms with E-state index in [2.05, 4.69) is 5.32 Å². The summed E-state index contributed by atoms with van der Waals surface area (Å²) >= 11 is 0. The van der Waals surface area contributed by atoms with Crippen molar-refractivity contribution in [1.29, 1.82) is 0 Å². The van der Waals surface area contributed by atoms with Crippen molar-refractivity contribution in [2.45, 2.75) is 44.6 Å². The highest BCUT2D eigenvalue weighted by atomic mass is 19.1. The first kappa shape index (κ1) is 20.5. The van der Waals surface area contributed by atoms with Crippen molar-refractivity contribution < 1.29 is 18.4 Å². The standard InChI is InChI=1S/C26H31FN2O2/c27-23-10-8-19(9-11-23)16-22-6-1-2-7-24(22)28-26(30)31-25-18-29(17-20-4-3-5-20)14-12-21(25)13-15-29/h1-2,6-11,20-21,25H,3-5,12-18H2/p+1. The molecule has 0 spiro atoms. The van der Waals surface area contributed by atoms with Crippen LogP contribution in [0.1, 0.15) is 43.2 Å². The number of quaternary nitrogens is 1. The van der Waals surface area contributed by atoms with Gasteiger partial charge in [0.1, 0.15) is 12.4 Å². The number of piperidine rings is 3. The number of para-hydroxylation sites is 1. The summed E-state index contributed by atoms with van der Waals surface area (Å²) in [5, 5.41) is 2.98. The molecule has 4 nitrogen and oxygen atoms in total. The fourth-order valence-corrected chi connectivity index (χ4v) is 5.73. The second kappa shape index (κ2) is 8.62. The Morgan fingerprint density at radius 2 is 1.77 bits per heavy atom. The number of fused-ring (bicyclic) bond motifs is 3. The topological polar surface area (TPSA) is 38.3 Å². The van der Waals surface area contributed by atoms with Crippen LogP contribution in [0, 0.1) is 17.7 Å². The zero-order chi connectivity index (χ0) is 21.3. The number of nitrogens with one attached hydrogen (secondary N) is 1. The minimum absolute atomic E-state index is 0.0202. The highest BCUT2D eigenvalue weighted by molar-refractivity contribution is 5.85. The third kappa shape index (κ3) is 4.62. The van der Waals surface area contributed by atoms with Gasteiger partial charge < -0.3 is 9.22 Å². The molecule has 4 fully saturated rings. The summed E-state index contributed by atoms with van der Waals surface area (Å²) in [5.74, 6) is 1.14. The van der Waals surface area contributed by atoms with Gasteiger partial charge in [0, 0.05) is 30.4 Å². The molecule has 2 aromatic rings. The van der Waals surface area contributed by atoms with Crippen molar-refractivity contribution in [3.05, 3.63) is 65.5 Å². The van der Waals surface area contributed by atoms with E-state index in [1.165, 1.54) is 63.9 Å². The van der Waals surface area contributed by atoms with Gasteiger partial charge in [-0.2, -0.15) is 0 Å². The molecule has 1 aliphatic carbocycles. The van der Waals surface area contributed by atoms with Crippen molar-refractivity contribution in [2.24, 2.45) is 11.8 Å². The molecule has 2 aromatic carbocycles.